The average molecular weight is 471 g/mol. The van der Waals surface area contributed by atoms with Gasteiger partial charge in [-0.25, -0.2) is 13.1 Å². The molecule has 1 fully saturated rings. The predicted octanol–water partition coefficient (Wildman–Crippen LogP) is 2.45. The van der Waals surface area contributed by atoms with Crippen LogP contribution >= 0.6 is 0 Å². The van der Waals surface area contributed by atoms with Gasteiger partial charge in [0.05, 0.1) is 35.4 Å². The number of aliphatic hydroxyl groups is 1. The van der Waals surface area contributed by atoms with Crippen LogP contribution in [0.4, 0.5) is 0 Å². The minimum Gasteiger partial charge on any atom is -0.394 e. The van der Waals surface area contributed by atoms with E-state index in [1.54, 1.807) is 31.2 Å². The summed E-state index contributed by atoms with van der Waals surface area (Å²) in [5.74, 6) is 0. The number of aromatic nitrogens is 3. The van der Waals surface area contributed by atoms with E-state index in [-0.39, 0.29) is 17.6 Å². The number of hydrogen-bond acceptors (Lipinski definition) is 6. The van der Waals surface area contributed by atoms with Crippen molar-refractivity contribution in [2.45, 2.75) is 62.3 Å². The van der Waals surface area contributed by atoms with Gasteiger partial charge in [-0.15, -0.1) is 5.10 Å². The summed E-state index contributed by atoms with van der Waals surface area (Å²) < 4.78 is 36.3. The Kier molecular flexibility index (Phi) is 7.54. The number of nitrogens with one attached hydrogen (secondary N) is 1. The highest BCUT2D eigenvalue weighted by molar-refractivity contribution is 7.89. The molecule has 0 saturated carbocycles. The van der Waals surface area contributed by atoms with E-state index in [1.165, 1.54) is 5.56 Å². The fraction of sp³-hybridized carbons (Fsp3) is 0.417. The van der Waals surface area contributed by atoms with Crippen LogP contribution in [0.3, 0.4) is 0 Å². The van der Waals surface area contributed by atoms with Crippen molar-refractivity contribution < 1.29 is 18.3 Å². The number of aliphatic hydroxyl groups excluding tert-OH is 1. The van der Waals surface area contributed by atoms with Gasteiger partial charge in [-0.3, -0.25) is 4.68 Å². The van der Waals surface area contributed by atoms with Gasteiger partial charge in [0, 0.05) is 19.2 Å². The summed E-state index contributed by atoms with van der Waals surface area (Å²) in [5, 5.41) is 18.3. The lowest BCUT2D eigenvalue weighted by Crippen LogP contribution is -2.51. The first kappa shape index (κ1) is 23.6. The highest BCUT2D eigenvalue weighted by Crippen LogP contribution is 2.24. The number of sulfonamides is 1. The van der Waals surface area contributed by atoms with Gasteiger partial charge >= 0.3 is 0 Å². The van der Waals surface area contributed by atoms with Crippen molar-refractivity contribution in [1.82, 2.24) is 19.7 Å². The molecular formula is C24H30N4O4S. The highest BCUT2D eigenvalue weighted by atomic mass is 32.2. The normalized spacial score (nSPS) is 21.2. The Balaban J connectivity index is 1.30. The minimum absolute atomic E-state index is 0.0804. The molecule has 2 aromatic carbocycles. The van der Waals surface area contributed by atoms with E-state index >= 15 is 0 Å². The molecule has 3 aromatic rings. The number of benzene rings is 2. The summed E-state index contributed by atoms with van der Waals surface area (Å²) in [7, 11) is -3.69. The van der Waals surface area contributed by atoms with Gasteiger partial charge in [-0.05, 0) is 43.4 Å². The monoisotopic (exact) mass is 470 g/mol. The van der Waals surface area contributed by atoms with E-state index in [0.717, 1.165) is 12.1 Å². The number of aryl methyl sites for hydroxylation is 2. The highest BCUT2D eigenvalue weighted by Gasteiger charge is 2.34. The smallest absolute Gasteiger partial charge is 0.241 e. The molecule has 2 N–H and O–H groups in total. The lowest BCUT2D eigenvalue weighted by atomic mass is 9.98. The van der Waals surface area contributed by atoms with E-state index < -0.39 is 22.2 Å². The van der Waals surface area contributed by atoms with Gasteiger partial charge in [0.2, 0.25) is 10.0 Å². The van der Waals surface area contributed by atoms with Gasteiger partial charge in [-0.1, -0.05) is 53.7 Å². The molecular weight excluding hydrogens is 440 g/mol. The van der Waals surface area contributed by atoms with E-state index in [2.05, 4.69) is 27.2 Å². The van der Waals surface area contributed by atoms with Crippen LogP contribution in [0.25, 0.3) is 0 Å². The summed E-state index contributed by atoms with van der Waals surface area (Å²) in [6.07, 6.45) is 4.01. The van der Waals surface area contributed by atoms with E-state index in [1.807, 2.05) is 29.1 Å². The molecule has 1 aliphatic heterocycles. The second kappa shape index (κ2) is 10.6. The fourth-order valence-corrected chi connectivity index (χ4v) is 5.75. The molecule has 0 aliphatic carbocycles. The quantitative estimate of drug-likeness (QED) is 0.498. The first-order valence-corrected chi connectivity index (χ1v) is 12.7. The molecule has 33 heavy (non-hydrogen) atoms. The fourth-order valence-electron chi connectivity index (χ4n) is 4.21. The molecule has 4 rings (SSSR count). The maximum atomic E-state index is 12.8. The second-order valence-corrected chi connectivity index (χ2v) is 10.2. The van der Waals surface area contributed by atoms with Crippen molar-refractivity contribution >= 4 is 10.0 Å². The standard InChI is InChI=1S/C24H30N4O4S/c1-18-7-5-6-10-24(18)33(30,31)26-22-12-11-21(32-23(22)17-29)13-14-28-16-20(25-27-28)15-19-8-3-2-4-9-19/h2-10,16,21-23,26,29H,11-15,17H2,1H3/t21-,22+,23+/m1/s1. The van der Waals surface area contributed by atoms with E-state index in [9.17, 15) is 13.5 Å². The number of ether oxygens (including phenoxy) is 1. The number of hydrogen-bond donors (Lipinski definition) is 2. The Bertz CT molecular complexity index is 1150. The maximum absolute atomic E-state index is 12.8. The molecule has 176 valence electrons. The minimum atomic E-state index is -3.69. The zero-order valence-electron chi connectivity index (χ0n) is 18.7. The summed E-state index contributed by atoms with van der Waals surface area (Å²) in [6.45, 7) is 2.16. The Hall–Kier alpha value is -2.59. The lowest BCUT2D eigenvalue weighted by Gasteiger charge is -2.36. The van der Waals surface area contributed by atoms with E-state index in [0.29, 0.717) is 31.4 Å². The Morgan fingerprint density at radius 3 is 2.64 bits per heavy atom. The van der Waals surface area contributed by atoms with E-state index in [4.69, 9.17) is 4.74 Å². The van der Waals surface area contributed by atoms with Crippen LogP contribution in [0.1, 0.15) is 36.1 Å². The largest absolute Gasteiger partial charge is 0.394 e. The van der Waals surface area contributed by atoms with Gasteiger partial charge in [0.25, 0.3) is 0 Å². The molecule has 1 saturated heterocycles. The van der Waals surface area contributed by atoms with Crippen LogP contribution < -0.4 is 4.72 Å². The molecule has 0 unspecified atom stereocenters. The molecule has 1 aromatic heterocycles. The molecule has 0 amide bonds. The third-order valence-corrected chi connectivity index (χ3v) is 7.63. The molecule has 1 aliphatic rings. The summed E-state index contributed by atoms with van der Waals surface area (Å²) in [4.78, 5) is 0.251. The SMILES string of the molecule is Cc1ccccc1S(=O)(=O)N[C@H]1CC[C@H](CCn2cc(Cc3ccccc3)nn2)O[C@H]1CO. The zero-order chi connectivity index (χ0) is 23.3. The van der Waals surface area contributed by atoms with Gasteiger partial charge in [0.1, 0.15) is 0 Å². The number of nitrogens with zero attached hydrogens (tertiary/aromatic N) is 3. The van der Waals surface area contributed by atoms with Crippen molar-refractivity contribution in [2.75, 3.05) is 6.61 Å². The Morgan fingerprint density at radius 2 is 1.88 bits per heavy atom. The summed E-state index contributed by atoms with van der Waals surface area (Å²) in [6, 6.07) is 16.5. The van der Waals surface area contributed by atoms with Gasteiger partial charge in [0.15, 0.2) is 0 Å². The van der Waals surface area contributed by atoms with Crippen LogP contribution in [0.2, 0.25) is 0 Å². The van der Waals surface area contributed by atoms with Crippen molar-refractivity contribution in [2.24, 2.45) is 0 Å². The van der Waals surface area contributed by atoms with Crippen LogP contribution in [0.5, 0.6) is 0 Å². The predicted molar refractivity (Wildman–Crippen MR) is 124 cm³/mol. The van der Waals surface area contributed by atoms with Crippen LogP contribution in [0, 0.1) is 6.92 Å². The van der Waals surface area contributed by atoms with Crippen LogP contribution in [-0.4, -0.2) is 53.4 Å². The molecule has 8 nitrogen and oxygen atoms in total. The Morgan fingerprint density at radius 1 is 1.12 bits per heavy atom. The molecule has 0 spiro atoms. The zero-order valence-corrected chi connectivity index (χ0v) is 19.5. The van der Waals surface area contributed by atoms with Crippen molar-refractivity contribution in [3.05, 3.63) is 77.6 Å². The molecule has 2 heterocycles. The Labute approximate surface area is 194 Å². The van der Waals surface area contributed by atoms with Gasteiger partial charge < -0.3 is 9.84 Å². The van der Waals surface area contributed by atoms with Gasteiger partial charge in [-0.2, -0.15) is 0 Å². The van der Waals surface area contributed by atoms with Crippen LogP contribution in [0.15, 0.2) is 65.7 Å². The van der Waals surface area contributed by atoms with Crippen molar-refractivity contribution in [3.63, 3.8) is 0 Å². The molecule has 0 bridgehead atoms. The van der Waals surface area contributed by atoms with Crippen molar-refractivity contribution in [1.29, 1.82) is 0 Å². The third kappa shape index (κ3) is 6.05. The summed E-state index contributed by atoms with van der Waals surface area (Å²) in [5.41, 5.74) is 2.77. The average Bonchev–Trinajstić information content (AvgIpc) is 3.26. The maximum Gasteiger partial charge on any atom is 0.241 e. The molecule has 3 atom stereocenters. The molecule has 9 heteroatoms. The first-order valence-electron chi connectivity index (χ1n) is 11.2. The first-order chi connectivity index (χ1) is 15.9. The third-order valence-electron chi connectivity index (χ3n) is 5.98. The van der Waals surface area contributed by atoms with Crippen molar-refractivity contribution in [3.8, 4) is 0 Å². The number of rotatable bonds is 9. The van der Waals surface area contributed by atoms with Crippen LogP contribution in [-0.2, 0) is 27.7 Å². The lowest BCUT2D eigenvalue weighted by molar-refractivity contribution is -0.0891. The second-order valence-electron chi connectivity index (χ2n) is 8.47. The summed E-state index contributed by atoms with van der Waals surface area (Å²) >= 11 is 0. The molecule has 0 radical (unpaired) electrons. The topological polar surface area (TPSA) is 106 Å².